The van der Waals surface area contributed by atoms with Crippen LogP contribution in [0.5, 0.6) is 0 Å². The average molecular weight is 316 g/mol. The van der Waals surface area contributed by atoms with E-state index in [0.29, 0.717) is 19.8 Å². The lowest BCUT2D eigenvalue weighted by molar-refractivity contribution is 0.0392. The van der Waals surface area contributed by atoms with Gasteiger partial charge in [-0.2, -0.15) is 4.31 Å². The van der Waals surface area contributed by atoms with Gasteiger partial charge in [0.05, 0.1) is 13.2 Å². The first-order valence-electron chi connectivity index (χ1n) is 7.05. The van der Waals surface area contributed by atoms with E-state index in [9.17, 15) is 12.8 Å². The molecule has 1 heterocycles. The number of benzene rings is 1. The third-order valence-corrected chi connectivity index (χ3v) is 5.52. The van der Waals surface area contributed by atoms with Gasteiger partial charge < -0.3 is 10.1 Å². The minimum absolute atomic E-state index is 0.252. The van der Waals surface area contributed by atoms with Gasteiger partial charge in [-0.25, -0.2) is 12.8 Å². The molecule has 1 atom stereocenters. The molecule has 7 heteroatoms. The van der Waals surface area contributed by atoms with Crippen molar-refractivity contribution < 1.29 is 17.5 Å². The van der Waals surface area contributed by atoms with Crippen molar-refractivity contribution in [3.63, 3.8) is 0 Å². The highest BCUT2D eigenvalue weighted by atomic mass is 32.2. The summed E-state index contributed by atoms with van der Waals surface area (Å²) < 4.78 is 45.8. The highest BCUT2D eigenvalue weighted by Crippen LogP contribution is 2.23. The Bertz CT molecular complexity index is 592. The minimum Gasteiger partial charge on any atom is -0.378 e. The maximum Gasteiger partial charge on any atom is 0.246 e. The molecule has 1 fully saturated rings. The van der Waals surface area contributed by atoms with Crippen LogP contribution in [0.2, 0.25) is 0 Å². The average Bonchev–Trinajstić information content (AvgIpc) is 2.45. The summed E-state index contributed by atoms with van der Waals surface area (Å²) in [6.07, 6.45) is 0. The molecule has 1 aromatic carbocycles. The largest absolute Gasteiger partial charge is 0.378 e. The van der Waals surface area contributed by atoms with Crippen molar-refractivity contribution in [2.24, 2.45) is 0 Å². The molecule has 0 bridgehead atoms. The lowest BCUT2D eigenvalue weighted by atomic mass is 10.2. The molecule has 2 rings (SSSR count). The number of halogens is 1. The fraction of sp³-hybridized carbons (Fsp3) is 0.571. The van der Waals surface area contributed by atoms with Crippen molar-refractivity contribution in [3.05, 3.63) is 29.6 Å². The Morgan fingerprint density at radius 2 is 2.24 bits per heavy atom. The molecule has 1 saturated heterocycles. The molecule has 0 amide bonds. The third-order valence-electron chi connectivity index (χ3n) is 3.47. The summed E-state index contributed by atoms with van der Waals surface area (Å²) in [6.45, 7) is 5.92. The van der Waals surface area contributed by atoms with E-state index >= 15 is 0 Å². The second-order valence-corrected chi connectivity index (χ2v) is 6.94. The maximum absolute atomic E-state index is 14.2. The molecule has 0 saturated carbocycles. The highest BCUT2D eigenvalue weighted by molar-refractivity contribution is 7.89. The van der Waals surface area contributed by atoms with E-state index in [2.05, 4.69) is 5.32 Å². The van der Waals surface area contributed by atoms with Gasteiger partial charge in [-0.3, -0.25) is 0 Å². The first-order chi connectivity index (χ1) is 9.96. The van der Waals surface area contributed by atoms with Crippen molar-refractivity contribution in [3.8, 4) is 0 Å². The fourth-order valence-corrected chi connectivity index (χ4v) is 3.98. The second kappa shape index (κ2) is 6.83. The molecule has 1 unspecified atom stereocenters. The van der Waals surface area contributed by atoms with Crippen molar-refractivity contribution >= 4 is 10.0 Å². The maximum atomic E-state index is 14.2. The Labute approximate surface area is 125 Å². The van der Waals surface area contributed by atoms with Gasteiger partial charge in [0, 0.05) is 19.1 Å². The van der Waals surface area contributed by atoms with Crippen LogP contribution in [0.4, 0.5) is 4.39 Å². The standard InChI is InChI=1S/C14H21FN2O3S/c1-3-16-9-12-4-5-14(13(15)8-12)21(18,19)17-6-7-20-10-11(17)2/h4-5,8,11,16H,3,6-7,9-10H2,1-2H3. The number of morpholine rings is 1. The normalized spacial score (nSPS) is 20.6. The summed E-state index contributed by atoms with van der Waals surface area (Å²) in [6, 6.07) is 3.98. The van der Waals surface area contributed by atoms with Crippen LogP contribution < -0.4 is 5.32 Å². The monoisotopic (exact) mass is 316 g/mol. The number of nitrogens with zero attached hydrogens (tertiary/aromatic N) is 1. The number of sulfonamides is 1. The van der Waals surface area contributed by atoms with Crippen LogP contribution in [0, 0.1) is 5.82 Å². The van der Waals surface area contributed by atoms with Gasteiger partial charge in [0.1, 0.15) is 10.7 Å². The number of nitrogens with one attached hydrogen (secondary N) is 1. The number of hydrogen-bond acceptors (Lipinski definition) is 4. The molecular formula is C14H21FN2O3S. The summed E-state index contributed by atoms with van der Waals surface area (Å²) in [5.41, 5.74) is 0.725. The first-order valence-corrected chi connectivity index (χ1v) is 8.49. The minimum atomic E-state index is -3.82. The van der Waals surface area contributed by atoms with Gasteiger partial charge in [-0.05, 0) is 31.2 Å². The molecule has 0 aromatic heterocycles. The smallest absolute Gasteiger partial charge is 0.246 e. The van der Waals surface area contributed by atoms with Crippen LogP contribution in [0.25, 0.3) is 0 Å². The topological polar surface area (TPSA) is 58.6 Å². The Morgan fingerprint density at radius 1 is 1.48 bits per heavy atom. The zero-order valence-electron chi connectivity index (χ0n) is 12.3. The zero-order chi connectivity index (χ0) is 15.5. The van der Waals surface area contributed by atoms with E-state index in [4.69, 9.17) is 4.74 Å². The predicted octanol–water partition coefficient (Wildman–Crippen LogP) is 1.34. The van der Waals surface area contributed by atoms with Crippen LogP contribution in [-0.2, 0) is 21.3 Å². The zero-order valence-corrected chi connectivity index (χ0v) is 13.1. The second-order valence-electron chi connectivity index (χ2n) is 5.08. The molecule has 21 heavy (non-hydrogen) atoms. The van der Waals surface area contributed by atoms with Crippen LogP contribution >= 0.6 is 0 Å². The van der Waals surface area contributed by atoms with E-state index in [1.165, 1.54) is 16.4 Å². The Balaban J connectivity index is 2.27. The molecule has 1 aliphatic rings. The molecule has 0 radical (unpaired) electrons. The van der Waals surface area contributed by atoms with Gasteiger partial charge in [-0.1, -0.05) is 13.0 Å². The first kappa shape index (κ1) is 16.4. The van der Waals surface area contributed by atoms with E-state index in [0.717, 1.165) is 12.1 Å². The summed E-state index contributed by atoms with van der Waals surface area (Å²) in [7, 11) is -3.82. The van der Waals surface area contributed by atoms with Crippen LogP contribution in [0.1, 0.15) is 19.4 Å². The van der Waals surface area contributed by atoms with Crippen molar-refractivity contribution in [2.75, 3.05) is 26.3 Å². The molecule has 118 valence electrons. The molecule has 0 aliphatic carbocycles. The summed E-state index contributed by atoms with van der Waals surface area (Å²) in [5, 5.41) is 3.08. The Morgan fingerprint density at radius 3 is 2.86 bits per heavy atom. The summed E-state index contributed by atoms with van der Waals surface area (Å²) in [4.78, 5) is -0.267. The molecular weight excluding hydrogens is 295 g/mol. The summed E-state index contributed by atoms with van der Waals surface area (Å²) >= 11 is 0. The summed E-state index contributed by atoms with van der Waals surface area (Å²) in [5.74, 6) is -0.705. The van der Waals surface area contributed by atoms with Gasteiger partial charge in [-0.15, -0.1) is 0 Å². The lowest BCUT2D eigenvalue weighted by Gasteiger charge is -2.32. The third kappa shape index (κ3) is 3.60. The molecule has 0 spiro atoms. The molecule has 1 aliphatic heterocycles. The molecule has 1 aromatic rings. The highest BCUT2D eigenvalue weighted by Gasteiger charge is 2.33. The van der Waals surface area contributed by atoms with E-state index in [1.807, 2.05) is 6.92 Å². The van der Waals surface area contributed by atoms with Crippen molar-refractivity contribution in [1.82, 2.24) is 9.62 Å². The quantitative estimate of drug-likeness (QED) is 0.891. The molecule has 5 nitrogen and oxygen atoms in total. The van der Waals surface area contributed by atoms with Crippen LogP contribution in [0.3, 0.4) is 0 Å². The van der Waals surface area contributed by atoms with Gasteiger partial charge >= 0.3 is 0 Å². The predicted molar refractivity (Wildman–Crippen MR) is 78.0 cm³/mol. The van der Waals surface area contributed by atoms with Crippen LogP contribution in [0.15, 0.2) is 23.1 Å². The lowest BCUT2D eigenvalue weighted by Crippen LogP contribution is -2.47. The molecule has 1 N–H and O–H groups in total. The fourth-order valence-electron chi connectivity index (χ4n) is 2.33. The Hall–Kier alpha value is -1.02. The number of hydrogen-bond donors (Lipinski definition) is 1. The SMILES string of the molecule is CCNCc1ccc(S(=O)(=O)N2CCOCC2C)c(F)c1. The Kier molecular flexibility index (Phi) is 5.32. The van der Waals surface area contributed by atoms with Gasteiger partial charge in [0.15, 0.2) is 0 Å². The van der Waals surface area contributed by atoms with Crippen molar-refractivity contribution in [2.45, 2.75) is 31.3 Å². The van der Waals surface area contributed by atoms with Gasteiger partial charge in [0.25, 0.3) is 0 Å². The number of ether oxygens (including phenoxy) is 1. The van der Waals surface area contributed by atoms with Crippen LogP contribution in [-0.4, -0.2) is 45.1 Å². The van der Waals surface area contributed by atoms with Crippen molar-refractivity contribution in [1.29, 1.82) is 0 Å². The van der Waals surface area contributed by atoms with E-state index in [1.54, 1.807) is 13.0 Å². The van der Waals surface area contributed by atoms with E-state index in [-0.39, 0.29) is 17.5 Å². The van der Waals surface area contributed by atoms with E-state index < -0.39 is 15.8 Å². The van der Waals surface area contributed by atoms with Gasteiger partial charge in [0.2, 0.25) is 10.0 Å². The number of rotatable bonds is 5.